The van der Waals surface area contributed by atoms with Gasteiger partial charge < -0.3 is 5.32 Å². The normalized spacial score (nSPS) is 23.0. The number of hydrogen-bond donors (Lipinski definition) is 1. The smallest absolute Gasteiger partial charge is 0.292 e. The van der Waals surface area contributed by atoms with E-state index in [-0.39, 0.29) is 10.6 Å². The minimum absolute atomic E-state index is 0.181. The van der Waals surface area contributed by atoms with E-state index >= 15 is 0 Å². The summed E-state index contributed by atoms with van der Waals surface area (Å²) in [7, 11) is 0. The molecule has 0 spiro atoms. The first-order chi connectivity index (χ1) is 8.59. The van der Waals surface area contributed by atoms with Gasteiger partial charge in [-0.05, 0) is 30.7 Å². The molecule has 98 valence electrons. The number of aryl methyl sites for hydroxylation is 1. The van der Waals surface area contributed by atoms with Crippen LogP contribution >= 0.6 is 0 Å². The second kappa shape index (κ2) is 5.38. The van der Waals surface area contributed by atoms with Crippen molar-refractivity contribution < 1.29 is 4.92 Å². The lowest BCUT2D eigenvalue weighted by Gasteiger charge is -2.17. The maximum atomic E-state index is 11.0. The standard InChI is InChI=1S/C14H20N2O2/c1-10-5-3-7-12(10)9-15-14-11(2)6-4-8-13(14)16(17)18/h4,6,8,10,12,15H,3,5,7,9H2,1-2H3. The summed E-state index contributed by atoms with van der Waals surface area (Å²) in [6.07, 6.45) is 3.79. The van der Waals surface area contributed by atoms with Gasteiger partial charge in [0.25, 0.3) is 5.69 Å². The molecule has 1 aromatic rings. The minimum atomic E-state index is -0.312. The topological polar surface area (TPSA) is 55.2 Å². The van der Waals surface area contributed by atoms with Gasteiger partial charge in [0.2, 0.25) is 0 Å². The van der Waals surface area contributed by atoms with Crippen LogP contribution < -0.4 is 5.32 Å². The van der Waals surface area contributed by atoms with Crippen molar-refractivity contribution in [1.82, 2.24) is 0 Å². The number of para-hydroxylation sites is 1. The molecule has 1 fully saturated rings. The maximum absolute atomic E-state index is 11.0. The van der Waals surface area contributed by atoms with Crippen LogP contribution in [0.15, 0.2) is 18.2 Å². The van der Waals surface area contributed by atoms with Gasteiger partial charge in [-0.25, -0.2) is 0 Å². The Morgan fingerprint density at radius 3 is 2.83 bits per heavy atom. The Morgan fingerprint density at radius 1 is 1.44 bits per heavy atom. The van der Waals surface area contributed by atoms with Gasteiger partial charge in [-0.2, -0.15) is 0 Å². The number of nitrogens with one attached hydrogen (secondary N) is 1. The average molecular weight is 248 g/mol. The van der Waals surface area contributed by atoms with Crippen LogP contribution in [0.1, 0.15) is 31.7 Å². The van der Waals surface area contributed by atoms with Crippen LogP contribution in [-0.2, 0) is 0 Å². The summed E-state index contributed by atoms with van der Waals surface area (Å²) in [4.78, 5) is 10.7. The average Bonchev–Trinajstić information content (AvgIpc) is 2.73. The second-order valence-corrected chi connectivity index (χ2v) is 5.28. The molecule has 2 rings (SSSR count). The lowest BCUT2D eigenvalue weighted by molar-refractivity contribution is -0.384. The highest BCUT2D eigenvalue weighted by molar-refractivity contribution is 5.65. The van der Waals surface area contributed by atoms with Crippen molar-refractivity contribution in [2.24, 2.45) is 11.8 Å². The summed E-state index contributed by atoms with van der Waals surface area (Å²) >= 11 is 0. The lowest BCUT2D eigenvalue weighted by Crippen LogP contribution is -2.17. The van der Waals surface area contributed by atoms with Gasteiger partial charge in [0, 0.05) is 12.6 Å². The van der Waals surface area contributed by atoms with E-state index in [0.717, 1.165) is 18.0 Å². The van der Waals surface area contributed by atoms with Crippen molar-refractivity contribution >= 4 is 11.4 Å². The van der Waals surface area contributed by atoms with Crippen molar-refractivity contribution in [3.8, 4) is 0 Å². The van der Waals surface area contributed by atoms with Crippen molar-refractivity contribution in [3.05, 3.63) is 33.9 Å². The predicted molar refractivity (Wildman–Crippen MR) is 72.8 cm³/mol. The number of nitro benzene ring substituents is 1. The summed E-state index contributed by atoms with van der Waals surface area (Å²) < 4.78 is 0. The molecule has 0 saturated heterocycles. The Bertz CT molecular complexity index is 445. The second-order valence-electron chi connectivity index (χ2n) is 5.28. The van der Waals surface area contributed by atoms with E-state index < -0.39 is 0 Å². The Kier molecular flexibility index (Phi) is 3.84. The summed E-state index contributed by atoms with van der Waals surface area (Å²) in [5.74, 6) is 1.37. The van der Waals surface area contributed by atoms with Gasteiger partial charge >= 0.3 is 0 Å². The zero-order valence-electron chi connectivity index (χ0n) is 11.0. The number of nitrogens with zero attached hydrogens (tertiary/aromatic N) is 1. The highest BCUT2D eigenvalue weighted by Crippen LogP contribution is 2.33. The van der Waals surface area contributed by atoms with E-state index in [0.29, 0.717) is 11.6 Å². The van der Waals surface area contributed by atoms with E-state index in [1.807, 2.05) is 13.0 Å². The quantitative estimate of drug-likeness (QED) is 0.652. The molecule has 1 N–H and O–H groups in total. The van der Waals surface area contributed by atoms with Gasteiger partial charge in [0.05, 0.1) is 4.92 Å². The van der Waals surface area contributed by atoms with Crippen LogP contribution in [0.5, 0.6) is 0 Å². The predicted octanol–water partition coefficient (Wildman–Crippen LogP) is 3.75. The summed E-state index contributed by atoms with van der Waals surface area (Å²) in [5.41, 5.74) is 1.80. The molecule has 0 bridgehead atoms. The number of anilines is 1. The maximum Gasteiger partial charge on any atom is 0.292 e. The monoisotopic (exact) mass is 248 g/mol. The third kappa shape index (κ3) is 2.63. The Balaban J connectivity index is 2.11. The minimum Gasteiger partial charge on any atom is -0.379 e. The molecule has 0 aromatic heterocycles. The van der Waals surface area contributed by atoms with Crippen molar-refractivity contribution in [2.75, 3.05) is 11.9 Å². The molecule has 4 heteroatoms. The molecule has 4 nitrogen and oxygen atoms in total. The van der Waals surface area contributed by atoms with Crippen LogP contribution in [0.2, 0.25) is 0 Å². The zero-order chi connectivity index (χ0) is 13.1. The molecular formula is C14H20N2O2. The summed E-state index contributed by atoms with van der Waals surface area (Å²) in [6, 6.07) is 5.21. The number of nitro groups is 1. The van der Waals surface area contributed by atoms with Crippen molar-refractivity contribution in [1.29, 1.82) is 0 Å². The first kappa shape index (κ1) is 12.9. The van der Waals surface area contributed by atoms with E-state index in [9.17, 15) is 10.1 Å². The van der Waals surface area contributed by atoms with E-state index in [2.05, 4.69) is 12.2 Å². The van der Waals surface area contributed by atoms with Gasteiger partial charge in [-0.15, -0.1) is 0 Å². The Hall–Kier alpha value is -1.58. The van der Waals surface area contributed by atoms with E-state index in [1.165, 1.54) is 19.3 Å². The van der Waals surface area contributed by atoms with Crippen LogP contribution in [0, 0.1) is 28.9 Å². The highest BCUT2D eigenvalue weighted by Gasteiger charge is 2.24. The van der Waals surface area contributed by atoms with Crippen LogP contribution in [0.25, 0.3) is 0 Å². The van der Waals surface area contributed by atoms with Crippen LogP contribution in [0.3, 0.4) is 0 Å². The largest absolute Gasteiger partial charge is 0.379 e. The molecule has 0 radical (unpaired) electrons. The molecule has 1 aliphatic rings. The number of benzene rings is 1. The third-order valence-electron chi connectivity index (χ3n) is 4.03. The van der Waals surface area contributed by atoms with E-state index in [4.69, 9.17) is 0 Å². The molecule has 0 aliphatic heterocycles. The number of rotatable bonds is 4. The van der Waals surface area contributed by atoms with Crippen molar-refractivity contribution in [3.63, 3.8) is 0 Å². The first-order valence-corrected chi connectivity index (χ1v) is 6.57. The molecule has 0 amide bonds. The fourth-order valence-electron chi connectivity index (χ4n) is 2.79. The van der Waals surface area contributed by atoms with Crippen LogP contribution in [0.4, 0.5) is 11.4 Å². The molecule has 2 atom stereocenters. The number of hydrogen-bond acceptors (Lipinski definition) is 3. The van der Waals surface area contributed by atoms with Gasteiger partial charge in [0.15, 0.2) is 0 Å². The van der Waals surface area contributed by atoms with E-state index in [1.54, 1.807) is 12.1 Å². The fraction of sp³-hybridized carbons (Fsp3) is 0.571. The molecule has 18 heavy (non-hydrogen) atoms. The molecular weight excluding hydrogens is 228 g/mol. The Labute approximate surface area is 108 Å². The zero-order valence-corrected chi connectivity index (χ0v) is 11.0. The first-order valence-electron chi connectivity index (χ1n) is 6.57. The molecule has 1 saturated carbocycles. The summed E-state index contributed by atoms with van der Waals surface area (Å²) in [6.45, 7) is 5.02. The lowest BCUT2D eigenvalue weighted by atomic mass is 9.98. The van der Waals surface area contributed by atoms with Gasteiger partial charge in [-0.3, -0.25) is 10.1 Å². The molecule has 1 aromatic carbocycles. The Morgan fingerprint density at radius 2 is 2.22 bits per heavy atom. The SMILES string of the molecule is Cc1cccc([N+](=O)[O-])c1NCC1CCCC1C. The van der Waals surface area contributed by atoms with Gasteiger partial charge in [-0.1, -0.05) is 31.9 Å². The third-order valence-corrected chi connectivity index (χ3v) is 4.03. The van der Waals surface area contributed by atoms with Crippen molar-refractivity contribution in [2.45, 2.75) is 33.1 Å². The van der Waals surface area contributed by atoms with Gasteiger partial charge in [0.1, 0.15) is 5.69 Å². The van der Waals surface area contributed by atoms with Crippen LogP contribution in [-0.4, -0.2) is 11.5 Å². The molecule has 0 heterocycles. The molecule has 1 aliphatic carbocycles. The highest BCUT2D eigenvalue weighted by atomic mass is 16.6. The fourth-order valence-corrected chi connectivity index (χ4v) is 2.79. The summed E-state index contributed by atoms with van der Waals surface area (Å²) in [5, 5.41) is 14.3. The molecule has 2 unspecified atom stereocenters.